The van der Waals surface area contributed by atoms with E-state index in [1.54, 1.807) is 26.0 Å². The Morgan fingerprint density at radius 2 is 2.03 bits per heavy atom. The number of rotatable bonds is 4. The van der Waals surface area contributed by atoms with Crippen LogP contribution in [0, 0.1) is 0 Å². The fraction of sp³-hybridized carbons (Fsp3) is 0.286. The van der Waals surface area contributed by atoms with Gasteiger partial charge >= 0.3 is 7.82 Å². The number of phosphoric ester groups is 1. The molecule has 33 heavy (non-hydrogen) atoms. The summed E-state index contributed by atoms with van der Waals surface area (Å²) in [5.41, 5.74) is 0.616. The fourth-order valence-electron chi connectivity index (χ4n) is 4.36. The molecule has 4 rings (SSSR count). The number of nitrogens with zero attached hydrogens (tertiary/aromatic N) is 1. The lowest BCUT2D eigenvalue weighted by molar-refractivity contribution is 0.0632. The van der Waals surface area contributed by atoms with E-state index in [0.29, 0.717) is 23.6 Å². The molecule has 0 saturated carbocycles. The number of piperidine rings is 1. The van der Waals surface area contributed by atoms with E-state index in [-0.39, 0.29) is 34.6 Å². The molecule has 1 fully saturated rings. The van der Waals surface area contributed by atoms with Crippen molar-refractivity contribution >= 4 is 43.7 Å². The number of likely N-dealkylation sites (tertiary alicyclic amines) is 1. The van der Waals surface area contributed by atoms with Crippen LogP contribution in [-0.2, 0) is 4.57 Å². The number of benzene rings is 2. The minimum Gasteiger partial charge on any atom is -0.507 e. The van der Waals surface area contributed by atoms with Crippen molar-refractivity contribution < 1.29 is 33.5 Å². The summed E-state index contributed by atoms with van der Waals surface area (Å²) >= 11 is 6.36. The zero-order chi connectivity index (χ0) is 24.1. The van der Waals surface area contributed by atoms with Crippen molar-refractivity contribution in [2.24, 2.45) is 0 Å². The molecule has 1 aliphatic heterocycles. The van der Waals surface area contributed by atoms with E-state index < -0.39 is 31.0 Å². The highest BCUT2D eigenvalue weighted by Crippen LogP contribution is 2.48. The molecule has 4 N–H and O–H groups in total. The maximum absolute atomic E-state index is 13.1. The van der Waals surface area contributed by atoms with Crippen molar-refractivity contribution in [3.8, 4) is 22.8 Å². The van der Waals surface area contributed by atoms with Gasteiger partial charge in [-0.2, -0.15) is 0 Å². The second-order valence-corrected chi connectivity index (χ2v) is 9.80. The van der Waals surface area contributed by atoms with E-state index in [9.17, 15) is 29.4 Å². The van der Waals surface area contributed by atoms with Gasteiger partial charge in [0.25, 0.3) is 0 Å². The van der Waals surface area contributed by atoms with Crippen LogP contribution in [0.4, 0.5) is 0 Å². The number of hydrogen-bond acceptors (Lipinski definition) is 7. The van der Waals surface area contributed by atoms with E-state index in [1.807, 2.05) is 11.9 Å². The summed E-state index contributed by atoms with van der Waals surface area (Å²) in [4.78, 5) is 33.9. The molecule has 3 aromatic rings. The minimum absolute atomic E-state index is 0.107. The number of fused-ring (bicyclic) bond motifs is 1. The summed E-state index contributed by atoms with van der Waals surface area (Å²) in [5.74, 6) is -1.47. The van der Waals surface area contributed by atoms with Crippen LogP contribution in [0.3, 0.4) is 0 Å². The molecule has 0 radical (unpaired) electrons. The first-order valence-electron chi connectivity index (χ1n) is 10.2. The molecule has 2 heterocycles. The molecule has 1 saturated heterocycles. The maximum Gasteiger partial charge on any atom is 0.524 e. The molecule has 0 unspecified atom stereocenters. The Morgan fingerprint density at radius 1 is 1.30 bits per heavy atom. The Hall–Kier alpha value is -2.33. The Kier molecular flexibility index (Phi) is 6.35. The van der Waals surface area contributed by atoms with Crippen LogP contribution in [0.1, 0.15) is 17.9 Å². The first-order chi connectivity index (χ1) is 15.5. The highest BCUT2D eigenvalue weighted by molar-refractivity contribution is 7.46. The Morgan fingerprint density at radius 3 is 2.67 bits per heavy atom. The van der Waals surface area contributed by atoms with Crippen LogP contribution >= 0.6 is 19.4 Å². The van der Waals surface area contributed by atoms with Crippen LogP contribution in [0.5, 0.6) is 11.5 Å². The predicted octanol–water partition coefficient (Wildman–Crippen LogP) is 1.33. The molecular formula is C21H22BClNO8P. The zero-order valence-electron chi connectivity index (χ0n) is 17.9. The number of likely N-dealkylation sites (N-methyl/N-ethyl adjacent to an activating group) is 1. The molecule has 9 nitrogen and oxygen atoms in total. The summed E-state index contributed by atoms with van der Waals surface area (Å²) in [5, 5.41) is 21.5. The average Bonchev–Trinajstić information content (AvgIpc) is 2.67. The number of phosphoric acid groups is 1. The highest BCUT2D eigenvalue weighted by Gasteiger charge is 2.35. The molecule has 12 heteroatoms. The van der Waals surface area contributed by atoms with Crippen LogP contribution in [0.15, 0.2) is 39.5 Å². The number of phenolic OH excluding ortho intramolecular Hbond substituents is 1. The van der Waals surface area contributed by atoms with Crippen molar-refractivity contribution in [3.63, 3.8) is 0 Å². The Balaban J connectivity index is 2.07. The largest absolute Gasteiger partial charge is 0.524 e. The van der Waals surface area contributed by atoms with Gasteiger partial charge in [-0.15, -0.1) is 0 Å². The van der Waals surface area contributed by atoms with E-state index in [1.165, 1.54) is 6.07 Å². The molecule has 0 spiro atoms. The molecular weight excluding hydrogens is 471 g/mol. The van der Waals surface area contributed by atoms with Crippen molar-refractivity contribution in [1.29, 1.82) is 0 Å². The van der Waals surface area contributed by atoms with Crippen LogP contribution in [-0.4, -0.2) is 59.0 Å². The third kappa shape index (κ3) is 4.68. The van der Waals surface area contributed by atoms with Crippen molar-refractivity contribution in [3.05, 3.63) is 51.1 Å². The van der Waals surface area contributed by atoms with Gasteiger partial charge in [-0.3, -0.25) is 14.6 Å². The fourth-order valence-corrected chi connectivity index (χ4v) is 5.08. The Bertz CT molecular complexity index is 1320. The second kappa shape index (κ2) is 8.79. The van der Waals surface area contributed by atoms with E-state index in [2.05, 4.69) is 0 Å². The summed E-state index contributed by atoms with van der Waals surface area (Å²) in [7, 11) is -1.41. The SMILES string of the molecule is Bc1cccc(Cl)c1-c1cc(=O)c2c(O)cc(OP(=O)(O)O)c([C@H]3CCN(C)C[C@H]3O)c2o1. The lowest BCUT2D eigenvalue weighted by Gasteiger charge is -2.34. The Labute approximate surface area is 194 Å². The van der Waals surface area contributed by atoms with Gasteiger partial charge in [0.2, 0.25) is 0 Å². The highest BCUT2D eigenvalue weighted by atomic mass is 35.5. The average molecular weight is 494 g/mol. The van der Waals surface area contributed by atoms with Crippen molar-refractivity contribution in [2.45, 2.75) is 18.4 Å². The third-order valence-electron chi connectivity index (χ3n) is 5.82. The molecule has 2 atom stereocenters. The minimum atomic E-state index is -5.04. The van der Waals surface area contributed by atoms with Gasteiger partial charge in [-0.05, 0) is 26.1 Å². The molecule has 174 valence electrons. The number of phenols is 1. The first-order valence-corrected chi connectivity index (χ1v) is 12.1. The van der Waals surface area contributed by atoms with Gasteiger partial charge in [0.05, 0.1) is 11.1 Å². The van der Waals surface area contributed by atoms with Gasteiger partial charge < -0.3 is 24.1 Å². The predicted molar refractivity (Wildman–Crippen MR) is 126 cm³/mol. The molecule has 0 amide bonds. The smallest absolute Gasteiger partial charge is 0.507 e. The number of aliphatic hydroxyl groups is 1. The van der Waals surface area contributed by atoms with Crippen molar-refractivity contribution in [1.82, 2.24) is 4.90 Å². The lowest BCUT2D eigenvalue weighted by atomic mass is 9.85. The standard InChI is InChI=1S/C21H22BClNO8P/c1-24-6-5-10(15(27)9-24)18-17(32-33(28,29)30)8-14(26)20-13(25)7-16(31-21(18)20)19-11(22)3-2-4-12(19)23/h2-4,7-8,10,15,26-27H,5-6,9,22H2,1H3,(H2,28,29,30)/t10-,15+/m0/s1. The molecule has 1 aromatic heterocycles. The van der Waals surface area contributed by atoms with Gasteiger partial charge in [0, 0.05) is 35.7 Å². The number of aliphatic hydroxyl groups excluding tert-OH is 1. The third-order valence-corrected chi connectivity index (χ3v) is 6.57. The molecule has 2 aromatic carbocycles. The lowest BCUT2D eigenvalue weighted by Crippen LogP contribution is -2.40. The number of hydrogen-bond donors (Lipinski definition) is 4. The van der Waals surface area contributed by atoms with Crippen LogP contribution in [0.25, 0.3) is 22.3 Å². The van der Waals surface area contributed by atoms with E-state index in [4.69, 9.17) is 20.5 Å². The quantitative estimate of drug-likeness (QED) is 0.313. The van der Waals surface area contributed by atoms with E-state index in [0.717, 1.165) is 11.5 Å². The monoisotopic (exact) mass is 493 g/mol. The maximum atomic E-state index is 13.1. The first kappa shape index (κ1) is 23.8. The van der Waals surface area contributed by atoms with Gasteiger partial charge in [-0.1, -0.05) is 29.2 Å². The summed E-state index contributed by atoms with van der Waals surface area (Å²) in [6.07, 6.45) is -0.541. The summed E-state index contributed by atoms with van der Waals surface area (Å²) in [6.45, 7) is 0.864. The topological polar surface area (TPSA) is 141 Å². The van der Waals surface area contributed by atoms with E-state index >= 15 is 0 Å². The normalized spacial score (nSPS) is 19.7. The van der Waals surface area contributed by atoms with Crippen molar-refractivity contribution in [2.75, 3.05) is 20.1 Å². The van der Waals surface area contributed by atoms with Gasteiger partial charge in [-0.25, -0.2) is 4.57 Å². The molecule has 0 aliphatic carbocycles. The van der Waals surface area contributed by atoms with Gasteiger partial charge in [0.1, 0.15) is 36.1 Å². The zero-order valence-corrected chi connectivity index (χ0v) is 19.5. The van der Waals surface area contributed by atoms with Crippen LogP contribution < -0.4 is 15.4 Å². The molecule has 0 bridgehead atoms. The summed E-state index contributed by atoms with van der Waals surface area (Å²) in [6, 6.07) is 7.35. The van der Waals surface area contributed by atoms with Gasteiger partial charge in [0.15, 0.2) is 5.43 Å². The second-order valence-electron chi connectivity index (χ2n) is 8.22. The van der Waals surface area contributed by atoms with Crippen LogP contribution in [0.2, 0.25) is 5.02 Å². The molecule has 1 aliphatic rings. The number of aromatic hydroxyl groups is 1. The number of halogens is 1. The summed E-state index contributed by atoms with van der Waals surface area (Å²) < 4.78 is 22.6. The number of β-amino-alcohol motifs (C(OH)–C–C–N with tert-alkyl or cyclic N) is 1.